The van der Waals surface area contributed by atoms with Gasteiger partial charge in [-0.3, -0.25) is 4.90 Å². The number of piperidine rings is 1. The number of aliphatic hydroxyl groups is 1. The Morgan fingerprint density at radius 1 is 1.27 bits per heavy atom. The van der Waals surface area contributed by atoms with Gasteiger partial charge in [-0.15, -0.1) is 0 Å². The normalized spacial score (nSPS) is 33.5. The molecule has 8 rings (SSSR count). The maximum Gasteiger partial charge on any atom is 0.166 e. The zero-order valence-corrected chi connectivity index (χ0v) is 18.7. The average Bonchev–Trinajstić information content (AvgIpc) is 3.45. The van der Waals surface area contributed by atoms with E-state index in [9.17, 15) is 9.50 Å². The quantitative estimate of drug-likeness (QED) is 0.638. The van der Waals surface area contributed by atoms with E-state index < -0.39 is 11.0 Å². The monoisotopic (exact) mass is 446 g/mol. The van der Waals surface area contributed by atoms with Crippen LogP contribution in [0.2, 0.25) is 0 Å². The number of hydrogen-bond acceptors (Lipinski definition) is 4. The van der Waals surface area contributed by atoms with Crippen LogP contribution in [-0.4, -0.2) is 46.8 Å². The van der Waals surface area contributed by atoms with Crippen LogP contribution in [0.3, 0.4) is 0 Å². The Balaban J connectivity index is 1.42. The van der Waals surface area contributed by atoms with Crippen LogP contribution in [0.25, 0.3) is 10.9 Å². The molecule has 5 nitrogen and oxygen atoms in total. The Morgan fingerprint density at radius 3 is 2.97 bits per heavy atom. The molecule has 33 heavy (non-hydrogen) atoms. The first-order chi connectivity index (χ1) is 16.0. The van der Waals surface area contributed by atoms with Gasteiger partial charge in [-0.2, -0.15) is 0 Å². The van der Waals surface area contributed by atoms with Gasteiger partial charge < -0.3 is 19.6 Å². The van der Waals surface area contributed by atoms with Gasteiger partial charge in [-0.25, -0.2) is 4.39 Å². The number of ether oxygens (including phenoxy) is 2. The highest BCUT2D eigenvalue weighted by atomic mass is 19.1. The molecular weight excluding hydrogens is 419 g/mol. The molecule has 1 saturated carbocycles. The molecule has 5 aliphatic rings. The number of aromatic nitrogens is 1. The van der Waals surface area contributed by atoms with Gasteiger partial charge in [0.05, 0.1) is 23.8 Å². The van der Waals surface area contributed by atoms with Crippen molar-refractivity contribution in [2.75, 3.05) is 20.2 Å². The van der Waals surface area contributed by atoms with Gasteiger partial charge in [0, 0.05) is 35.5 Å². The number of likely N-dealkylation sites (tertiary alicyclic amines) is 1. The Kier molecular flexibility index (Phi) is 3.37. The van der Waals surface area contributed by atoms with Crippen LogP contribution in [0, 0.1) is 11.7 Å². The van der Waals surface area contributed by atoms with Gasteiger partial charge in [0.25, 0.3) is 0 Å². The summed E-state index contributed by atoms with van der Waals surface area (Å²) in [6, 6.07) is 9.10. The molecule has 1 aromatic heterocycles. The maximum absolute atomic E-state index is 14.3. The van der Waals surface area contributed by atoms with E-state index >= 15 is 0 Å². The van der Waals surface area contributed by atoms with Crippen LogP contribution < -0.4 is 9.47 Å². The largest absolute Gasteiger partial charge is 0.493 e. The summed E-state index contributed by atoms with van der Waals surface area (Å²) in [5, 5.41) is 13.7. The smallest absolute Gasteiger partial charge is 0.166 e. The maximum atomic E-state index is 14.3. The average molecular weight is 447 g/mol. The number of nitrogens with one attached hydrogen (secondary N) is 1. The standard InChI is InChI=1S/C27H27FN2O3/c1-32-20-7-4-15-10-21-27(31)12-18-17-11-16(28)5-6-19(17)29-23(18)25-26(27,22(15)24(20)33-25)8-9-30(21)13-14-2-3-14/h4-7,11,14,21,25,29,31H,2-3,8-10,12-13H2,1H3/t21-,25+,26+,27-/m1/s1. The fourth-order valence-corrected chi connectivity index (χ4v) is 7.74. The van der Waals surface area contributed by atoms with Crippen LogP contribution in [-0.2, 0) is 18.3 Å². The Hall–Kier alpha value is -2.57. The number of methoxy groups -OCH3 is 1. The van der Waals surface area contributed by atoms with Crippen molar-refractivity contribution in [3.05, 3.63) is 58.5 Å². The predicted molar refractivity (Wildman–Crippen MR) is 121 cm³/mol. The number of H-pyrrole nitrogens is 1. The lowest BCUT2D eigenvalue weighted by Crippen LogP contribution is -2.74. The van der Waals surface area contributed by atoms with Gasteiger partial charge in [-0.1, -0.05) is 6.07 Å². The first kappa shape index (κ1) is 18.8. The number of nitrogens with zero attached hydrogens (tertiary/aromatic N) is 1. The fraction of sp³-hybridized carbons (Fsp3) is 0.481. The van der Waals surface area contributed by atoms with E-state index in [0.29, 0.717) is 6.42 Å². The molecule has 2 bridgehead atoms. The molecule has 2 aromatic carbocycles. The molecule has 0 amide bonds. The van der Waals surface area contributed by atoms with E-state index in [4.69, 9.17) is 9.47 Å². The second-order valence-corrected chi connectivity index (χ2v) is 10.8. The summed E-state index contributed by atoms with van der Waals surface area (Å²) >= 11 is 0. The number of halogens is 1. The van der Waals surface area contributed by atoms with Crippen molar-refractivity contribution < 1.29 is 19.0 Å². The van der Waals surface area contributed by atoms with Crippen molar-refractivity contribution in [2.45, 2.75) is 55.3 Å². The van der Waals surface area contributed by atoms with Crippen molar-refractivity contribution >= 4 is 10.9 Å². The molecule has 3 aliphatic carbocycles. The minimum Gasteiger partial charge on any atom is -0.493 e. The topological polar surface area (TPSA) is 57.7 Å². The van der Waals surface area contributed by atoms with E-state index in [2.05, 4.69) is 16.0 Å². The zero-order chi connectivity index (χ0) is 22.1. The highest BCUT2D eigenvalue weighted by Gasteiger charge is 2.72. The van der Waals surface area contributed by atoms with Crippen LogP contribution >= 0.6 is 0 Å². The van der Waals surface area contributed by atoms with Crippen LogP contribution in [0.5, 0.6) is 11.5 Å². The Morgan fingerprint density at radius 2 is 2.15 bits per heavy atom. The van der Waals surface area contributed by atoms with Crippen molar-refractivity contribution in [1.29, 1.82) is 0 Å². The van der Waals surface area contributed by atoms with Gasteiger partial charge >= 0.3 is 0 Å². The Labute approximate surface area is 191 Å². The molecule has 1 spiro atoms. The number of hydrogen-bond donors (Lipinski definition) is 2. The van der Waals surface area contributed by atoms with Gasteiger partial charge in [-0.05, 0) is 73.5 Å². The van der Waals surface area contributed by atoms with Crippen molar-refractivity contribution in [3.8, 4) is 11.5 Å². The minimum atomic E-state index is -0.982. The third-order valence-electron chi connectivity index (χ3n) is 9.33. The van der Waals surface area contributed by atoms with Crippen LogP contribution in [0.4, 0.5) is 4.39 Å². The lowest BCUT2D eigenvalue weighted by molar-refractivity contribution is -0.173. The molecule has 0 radical (unpaired) electrons. The number of fused-ring (bicyclic) bond motifs is 4. The summed E-state index contributed by atoms with van der Waals surface area (Å²) < 4.78 is 26.7. The fourth-order valence-electron chi connectivity index (χ4n) is 7.74. The first-order valence-electron chi connectivity index (χ1n) is 12.2. The summed E-state index contributed by atoms with van der Waals surface area (Å²) in [5.41, 5.74) is 3.80. The summed E-state index contributed by atoms with van der Waals surface area (Å²) in [4.78, 5) is 6.11. The molecule has 3 aromatic rings. The van der Waals surface area contributed by atoms with Gasteiger partial charge in [0.15, 0.2) is 17.6 Å². The second kappa shape index (κ2) is 5.91. The SMILES string of the molecule is COc1ccc2c3c1O[C@H]1c4[nH]c5ccc(F)cc5c4C[C@@]4(O)[C@@H](C2)N(CC2CC2)CC[C@]314. The molecule has 2 aliphatic heterocycles. The molecule has 0 unspecified atom stereocenters. The third-order valence-corrected chi connectivity index (χ3v) is 9.33. The highest BCUT2D eigenvalue weighted by molar-refractivity contribution is 5.86. The molecular formula is C27H27FN2O3. The highest BCUT2D eigenvalue weighted by Crippen LogP contribution is 2.69. The van der Waals surface area contributed by atoms with Gasteiger partial charge in [0.1, 0.15) is 5.82 Å². The van der Waals surface area contributed by atoms with Crippen molar-refractivity contribution in [1.82, 2.24) is 9.88 Å². The molecule has 6 heteroatoms. The number of rotatable bonds is 3. The number of aromatic amines is 1. The first-order valence-corrected chi connectivity index (χ1v) is 12.2. The van der Waals surface area contributed by atoms with Gasteiger partial charge in [0.2, 0.25) is 0 Å². The van der Waals surface area contributed by atoms with Crippen LogP contribution in [0.1, 0.15) is 47.8 Å². The summed E-state index contributed by atoms with van der Waals surface area (Å²) in [6.07, 6.45) is 4.41. The molecule has 3 heterocycles. The van der Waals surface area contributed by atoms with E-state index in [-0.39, 0.29) is 18.0 Å². The molecule has 4 atom stereocenters. The van der Waals surface area contributed by atoms with E-state index in [1.165, 1.54) is 24.5 Å². The summed E-state index contributed by atoms with van der Waals surface area (Å²) in [7, 11) is 1.68. The van der Waals surface area contributed by atoms with E-state index in [1.807, 2.05) is 6.07 Å². The van der Waals surface area contributed by atoms with Crippen molar-refractivity contribution in [2.24, 2.45) is 5.92 Å². The number of benzene rings is 2. The molecule has 2 fully saturated rings. The van der Waals surface area contributed by atoms with E-state index in [0.717, 1.165) is 71.1 Å². The third kappa shape index (κ3) is 2.11. The predicted octanol–water partition coefficient (Wildman–Crippen LogP) is 4.01. The molecule has 1 saturated heterocycles. The second-order valence-electron chi connectivity index (χ2n) is 10.8. The van der Waals surface area contributed by atoms with E-state index in [1.54, 1.807) is 19.2 Å². The summed E-state index contributed by atoms with van der Waals surface area (Å²) in [6.45, 7) is 2.02. The minimum absolute atomic E-state index is 0.0245. The lowest BCUT2D eigenvalue weighted by atomic mass is 9.49. The lowest BCUT2D eigenvalue weighted by Gasteiger charge is -2.62. The van der Waals surface area contributed by atoms with Crippen LogP contribution in [0.15, 0.2) is 30.3 Å². The molecule has 2 N–H and O–H groups in total. The summed E-state index contributed by atoms with van der Waals surface area (Å²) in [5.74, 6) is 2.01. The van der Waals surface area contributed by atoms with Crippen molar-refractivity contribution in [3.63, 3.8) is 0 Å². The zero-order valence-electron chi connectivity index (χ0n) is 18.7. The Bertz CT molecular complexity index is 1350. The molecule has 170 valence electrons.